The van der Waals surface area contributed by atoms with E-state index in [9.17, 15) is 0 Å². The quantitative estimate of drug-likeness (QED) is 0.500. The van der Waals surface area contributed by atoms with Crippen LogP contribution in [0.15, 0.2) is 24.7 Å². The van der Waals surface area contributed by atoms with Crippen LogP contribution in [0.2, 0.25) is 25.7 Å². The summed E-state index contributed by atoms with van der Waals surface area (Å²) in [5, 5.41) is 8.06. The molecule has 5 nitrogen and oxygen atoms in total. The van der Waals surface area contributed by atoms with Crippen LogP contribution >= 0.6 is 0 Å². The predicted octanol–water partition coefficient (Wildman–Crippen LogP) is 4.69. The minimum Gasteiger partial charge on any atom is -0.477 e. The third-order valence-corrected chi connectivity index (χ3v) is 6.93. The second kappa shape index (κ2) is 8.07. The molecule has 0 radical (unpaired) electrons. The highest BCUT2D eigenvalue weighted by atomic mass is 28.3. The van der Waals surface area contributed by atoms with E-state index in [0.717, 1.165) is 25.4 Å². The Labute approximate surface area is 160 Å². The minimum atomic E-state index is -0.986. The Bertz CT molecular complexity index is 605. The molecule has 148 valence electrons. The first-order chi connectivity index (χ1) is 12.0. The molecule has 0 amide bonds. The maximum absolute atomic E-state index is 5.81. The van der Waals surface area contributed by atoms with Crippen molar-refractivity contribution < 1.29 is 4.74 Å². The van der Waals surface area contributed by atoms with Crippen molar-refractivity contribution in [3.05, 3.63) is 24.7 Å². The Morgan fingerprint density at radius 3 is 2.73 bits per heavy atom. The van der Waals surface area contributed by atoms with Gasteiger partial charge in [-0.15, -0.1) is 5.10 Å². The Morgan fingerprint density at radius 1 is 1.46 bits per heavy atom. The Kier molecular flexibility index (Phi) is 6.48. The Hall–Kier alpha value is -1.43. The summed E-state index contributed by atoms with van der Waals surface area (Å²) in [5.74, 6) is 2.37. The van der Waals surface area contributed by atoms with Crippen molar-refractivity contribution in [2.75, 3.05) is 13.2 Å². The van der Waals surface area contributed by atoms with Gasteiger partial charge in [0.15, 0.2) is 0 Å². The molecule has 6 heteroatoms. The minimum absolute atomic E-state index is 0.0357. The molecule has 0 spiro atoms. The molecular weight excluding hydrogens is 340 g/mol. The van der Waals surface area contributed by atoms with Crippen LogP contribution in [0.25, 0.3) is 0 Å². The molecule has 2 rings (SSSR count). The largest absolute Gasteiger partial charge is 0.477 e. The van der Waals surface area contributed by atoms with Crippen LogP contribution in [-0.4, -0.2) is 41.4 Å². The lowest BCUT2D eigenvalue weighted by atomic mass is 9.98. The Morgan fingerprint density at radius 2 is 2.15 bits per heavy atom. The zero-order chi connectivity index (χ0) is 19.5. The summed E-state index contributed by atoms with van der Waals surface area (Å²) in [6.07, 6.45) is 4.30. The fourth-order valence-corrected chi connectivity index (χ4v) is 5.04. The summed E-state index contributed by atoms with van der Waals surface area (Å²) < 4.78 is 7.72. The topological polar surface area (TPSA) is 42.3 Å². The van der Waals surface area contributed by atoms with E-state index in [4.69, 9.17) is 4.74 Å². The fraction of sp³-hybridized carbons (Fsp3) is 0.750. The number of ether oxygens (including phenoxy) is 1. The molecule has 26 heavy (non-hydrogen) atoms. The zero-order valence-corrected chi connectivity index (χ0v) is 18.8. The smallest absolute Gasteiger partial charge is 0.232 e. The number of hydrogen-bond acceptors (Lipinski definition) is 4. The summed E-state index contributed by atoms with van der Waals surface area (Å²) in [5.41, 5.74) is 0.151. The highest BCUT2D eigenvalue weighted by molar-refractivity contribution is 6.76. The van der Waals surface area contributed by atoms with E-state index in [1.807, 2.05) is 16.9 Å². The number of likely N-dealkylation sites (tertiary alicyclic amines) is 1. The van der Waals surface area contributed by atoms with Crippen LogP contribution in [0.5, 0.6) is 5.88 Å². The highest BCUT2D eigenvalue weighted by Gasteiger charge is 2.37. The van der Waals surface area contributed by atoms with Crippen molar-refractivity contribution in [1.29, 1.82) is 0 Å². The summed E-state index contributed by atoms with van der Waals surface area (Å²) in [6.45, 7) is 22.2. The molecule has 1 N–H and O–H groups in total. The first kappa shape index (κ1) is 20.9. The molecule has 0 aliphatic carbocycles. The molecule has 2 heterocycles. The average Bonchev–Trinajstić information content (AvgIpc) is 3.06. The average molecular weight is 379 g/mol. The van der Waals surface area contributed by atoms with E-state index in [1.54, 1.807) is 0 Å². The molecule has 0 bridgehead atoms. The molecular formula is C20H38N4OSi. The predicted molar refractivity (Wildman–Crippen MR) is 112 cm³/mol. The van der Waals surface area contributed by atoms with E-state index in [1.165, 1.54) is 12.5 Å². The van der Waals surface area contributed by atoms with Gasteiger partial charge in [0.1, 0.15) is 6.17 Å². The van der Waals surface area contributed by atoms with E-state index in [-0.39, 0.29) is 11.7 Å². The lowest BCUT2D eigenvalue weighted by Gasteiger charge is -2.36. The van der Waals surface area contributed by atoms with Gasteiger partial charge < -0.3 is 15.0 Å². The van der Waals surface area contributed by atoms with E-state index in [2.05, 4.69) is 69.2 Å². The van der Waals surface area contributed by atoms with Crippen LogP contribution < -0.4 is 10.1 Å². The molecule has 1 aromatic heterocycles. The van der Waals surface area contributed by atoms with Gasteiger partial charge in [-0.2, -0.15) is 0 Å². The van der Waals surface area contributed by atoms with E-state index >= 15 is 0 Å². The number of nitrogens with one attached hydrogen (secondary N) is 1. The monoisotopic (exact) mass is 378 g/mol. The second-order valence-corrected chi connectivity index (χ2v) is 15.3. The van der Waals surface area contributed by atoms with Gasteiger partial charge in [0.05, 0.1) is 12.4 Å². The zero-order valence-electron chi connectivity index (χ0n) is 17.8. The maximum Gasteiger partial charge on any atom is 0.232 e. The Balaban J connectivity index is 1.84. The van der Waals surface area contributed by atoms with Crippen LogP contribution in [0.3, 0.4) is 0 Å². The third-order valence-electron chi connectivity index (χ3n) is 5.08. The molecule has 1 aromatic rings. The molecule has 1 aliphatic heterocycles. The fourth-order valence-electron chi connectivity index (χ4n) is 3.84. The second-order valence-electron chi connectivity index (χ2n) is 9.65. The van der Waals surface area contributed by atoms with Gasteiger partial charge in [-0.3, -0.25) is 0 Å². The number of hydrogen-bond donors (Lipinski definition) is 1. The van der Waals surface area contributed by atoms with Gasteiger partial charge in [0.2, 0.25) is 5.88 Å². The summed E-state index contributed by atoms with van der Waals surface area (Å²) >= 11 is 0. The van der Waals surface area contributed by atoms with Gasteiger partial charge in [-0.05, 0) is 39.5 Å². The first-order valence-corrected chi connectivity index (χ1v) is 13.6. The summed E-state index contributed by atoms with van der Waals surface area (Å²) in [4.78, 5) is 2.38. The van der Waals surface area contributed by atoms with Gasteiger partial charge in [-0.25, -0.2) is 4.68 Å². The van der Waals surface area contributed by atoms with Crippen molar-refractivity contribution in [1.82, 2.24) is 20.0 Å². The van der Waals surface area contributed by atoms with E-state index < -0.39 is 8.07 Å². The number of rotatable bonds is 9. The molecule has 1 aliphatic rings. The first-order valence-electron chi connectivity index (χ1n) is 9.89. The van der Waals surface area contributed by atoms with Gasteiger partial charge in [0, 0.05) is 32.4 Å². The molecule has 0 saturated carbocycles. The summed E-state index contributed by atoms with van der Waals surface area (Å²) in [7, 11) is -0.986. The number of aromatic nitrogens is 2. The van der Waals surface area contributed by atoms with Crippen molar-refractivity contribution in [2.24, 2.45) is 5.92 Å². The van der Waals surface area contributed by atoms with Crippen molar-refractivity contribution in [3.63, 3.8) is 0 Å². The molecule has 1 fully saturated rings. The molecule has 1 saturated heterocycles. The maximum atomic E-state index is 5.81. The molecule has 1 unspecified atom stereocenters. The van der Waals surface area contributed by atoms with Crippen LogP contribution in [0, 0.1) is 5.92 Å². The van der Waals surface area contributed by atoms with Gasteiger partial charge in [-0.1, -0.05) is 39.2 Å². The summed E-state index contributed by atoms with van der Waals surface area (Å²) in [6, 6.07) is 3.23. The standard InChI is InChI=1S/C20H38N4OSi/c1-16-14-20(4,5)23(15-16)17(2)21-18(3)24-11-10-19(22-24)25-12-9-13-26(6,7)8/h10-11,16,18,21H,2,9,12-15H2,1,3-8H3/t16-,18?/m0/s1. The highest BCUT2D eigenvalue weighted by Crippen LogP contribution is 2.34. The van der Waals surface area contributed by atoms with Crippen LogP contribution in [0.4, 0.5) is 0 Å². The lowest BCUT2D eigenvalue weighted by molar-refractivity contribution is 0.200. The SMILES string of the molecule is C=C(NC(C)n1ccc(OCCC[Si](C)(C)C)n1)N1C[C@@H](C)CC1(C)C. The van der Waals surface area contributed by atoms with Gasteiger partial charge >= 0.3 is 0 Å². The third kappa shape index (κ3) is 5.79. The van der Waals surface area contributed by atoms with Crippen molar-refractivity contribution >= 4 is 8.07 Å². The van der Waals surface area contributed by atoms with Crippen molar-refractivity contribution in [2.45, 2.75) is 77.9 Å². The van der Waals surface area contributed by atoms with Gasteiger partial charge in [0.25, 0.3) is 0 Å². The normalized spacial score (nSPS) is 20.9. The molecule has 0 aromatic carbocycles. The van der Waals surface area contributed by atoms with Crippen LogP contribution in [0.1, 0.15) is 46.7 Å². The lowest BCUT2D eigenvalue weighted by Crippen LogP contribution is -2.42. The van der Waals surface area contributed by atoms with E-state index in [0.29, 0.717) is 11.8 Å². The number of nitrogens with zero attached hydrogens (tertiary/aromatic N) is 3. The van der Waals surface area contributed by atoms with Crippen molar-refractivity contribution in [3.8, 4) is 5.88 Å². The molecule has 2 atom stereocenters. The van der Waals surface area contributed by atoms with Crippen LogP contribution in [-0.2, 0) is 0 Å².